The van der Waals surface area contributed by atoms with Gasteiger partial charge in [0.05, 0.1) is 0 Å². The Hall–Kier alpha value is -2.03. The lowest BCUT2D eigenvalue weighted by Gasteiger charge is -2.31. The normalized spacial score (nSPS) is 18.6. The van der Waals surface area contributed by atoms with Crippen molar-refractivity contribution >= 4 is 5.82 Å². The number of hydrogen-bond donors (Lipinski definition) is 0. The minimum atomic E-state index is -0.514. The van der Waals surface area contributed by atoms with Crippen molar-refractivity contribution < 1.29 is 0 Å². The molecule has 0 spiro atoms. The molecule has 1 aromatic heterocycles. The van der Waals surface area contributed by atoms with Crippen molar-refractivity contribution in [1.82, 2.24) is 9.13 Å². The lowest BCUT2D eigenvalue weighted by molar-refractivity contribution is 0.483. The van der Waals surface area contributed by atoms with Crippen LogP contribution in [0.1, 0.15) is 32.3 Å². The first-order valence-electron chi connectivity index (χ1n) is 6.87. The van der Waals surface area contributed by atoms with E-state index in [1.165, 1.54) is 11.6 Å². The predicted octanol–water partition coefficient (Wildman–Crippen LogP) is 0.580. The Morgan fingerprint density at radius 2 is 1.90 bits per heavy atom. The monoisotopic (exact) mass is 276 g/mol. The van der Waals surface area contributed by atoms with Gasteiger partial charge in [-0.15, -0.1) is 0 Å². The Morgan fingerprint density at radius 1 is 1.25 bits per heavy atom. The van der Waals surface area contributed by atoms with Gasteiger partial charge in [-0.05, 0) is 18.8 Å². The molecule has 108 valence electrons. The Morgan fingerprint density at radius 3 is 2.45 bits per heavy atom. The molecule has 6 nitrogen and oxygen atoms in total. The maximum absolute atomic E-state index is 12.1. The predicted molar refractivity (Wildman–Crippen MR) is 76.8 cm³/mol. The molecule has 1 aliphatic heterocycles. The molecule has 1 aromatic rings. The summed E-state index contributed by atoms with van der Waals surface area (Å²) in [4.78, 5) is 26.3. The van der Waals surface area contributed by atoms with Gasteiger partial charge in [-0.2, -0.15) is 5.26 Å². The molecule has 0 aromatic carbocycles. The summed E-state index contributed by atoms with van der Waals surface area (Å²) in [5, 5.41) is 9.32. The molecule has 2 rings (SSSR count). The lowest BCUT2D eigenvalue weighted by Crippen LogP contribution is -2.44. The van der Waals surface area contributed by atoms with E-state index in [1.54, 1.807) is 7.05 Å². The summed E-state index contributed by atoms with van der Waals surface area (Å²) < 4.78 is 2.41. The largest absolute Gasteiger partial charge is 0.353 e. The fraction of sp³-hybridized carbons (Fsp3) is 0.643. The van der Waals surface area contributed by atoms with Crippen LogP contribution >= 0.6 is 0 Å². The van der Waals surface area contributed by atoms with Crippen molar-refractivity contribution in [2.45, 2.75) is 32.7 Å². The van der Waals surface area contributed by atoms with Crippen LogP contribution in [0.3, 0.4) is 0 Å². The fourth-order valence-corrected chi connectivity index (χ4v) is 3.02. The number of anilines is 1. The summed E-state index contributed by atoms with van der Waals surface area (Å²) in [7, 11) is 3.02. The first kappa shape index (κ1) is 14.4. The first-order chi connectivity index (χ1) is 9.40. The van der Waals surface area contributed by atoms with E-state index in [4.69, 9.17) is 0 Å². The third-order valence-electron chi connectivity index (χ3n) is 4.09. The number of aromatic nitrogens is 2. The zero-order valence-electron chi connectivity index (χ0n) is 12.4. The number of hydrogen-bond acceptors (Lipinski definition) is 4. The first-order valence-corrected chi connectivity index (χ1v) is 6.87. The summed E-state index contributed by atoms with van der Waals surface area (Å²) in [5.74, 6) is 0.875. The highest BCUT2D eigenvalue weighted by molar-refractivity contribution is 5.55. The van der Waals surface area contributed by atoms with E-state index in [0.29, 0.717) is 11.7 Å². The molecule has 0 saturated carbocycles. The maximum Gasteiger partial charge on any atom is 0.332 e. The van der Waals surface area contributed by atoms with E-state index < -0.39 is 11.2 Å². The summed E-state index contributed by atoms with van der Waals surface area (Å²) in [6, 6.07) is 2.24. The molecule has 2 heterocycles. The molecule has 0 N–H and O–H groups in total. The SMILES string of the molecule is CC(C)[C@H]1CCCN1c1c(C#N)c(=O)n(C)c(=O)n1C. The van der Waals surface area contributed by atoms with Gasteiger partial charge in [-0.3, -0.25) is 13.9 Å². The van der Waals surface area contributed by atoms with Crippen LogP contribution in [0.25, 0.3) is 0 Å². The van der Waals surface area contributed by atoms with Crippen molar-refractivity contribution in [1.29, 1.82) is 5.26 Å². The molecular formula is C14H20N4O2. The molecule has 0 unspecified atom stereocenters. The van der Waals surface area contributed by atoms with Gasteiger partial charge in [0.1, 0.15) is 11.9 Å². The summed E-state index contributed by atoms with van der Waals surface area (Å²) in [6.07, 6.45) is 2.03. The summed E-state index contributed by atoms with van der Waals surface area (Å²) in [6.45, 7) is 5.01. The average Bonchev–Trinajstić information content (AvgIpc) is 2.89. The highest BCUT2D eigenvalue weighted by Crippen LogP contribution is 2.29. The average molecular weight is 276 g/mol. The van der Waals surface area contributed by atoms with Crippen molar-refractivity contribution in [2.24, 2.45) is 20.0 Å². The van der Waals surface area contributed by atoms with Crippen LogP contribution in [0.2, 0.25) is 0 Å². The highest BCUT2D eigenvalue weighted by Gasteiger charge is 2.32. The second-order valence-electron chi connectivity index (χ2n) is 5.66. The van der Waals surface area contributed by atoms with E-state index >= 15 is 0 Å². The van der Waals surface area contributed by atoms with Crippen LogP contribution in [-0.2, 0) is 14.1 Å². The minimum absolute atomic E-state index is 0.0575. The van der Waals surface area contributed by atoms with Crippen LogP contribution in [0.15, 0.2) is 9.59 Å². The number of nitrogens with zero attached hydrogens (tertiary/aromatic N) is 4. The Bertz CT molecular complexity index is 678. The Labute approximate surface area is 117 Å². The molecule has 0 radical (unpaired) electrons. The molecule has 0 aliphatic carbocycles. The maximum atomic E-state index is 12.1. The fourth-order valence-electron chi connectivity index (χ4n) is 3.02. The Balaban J connectivity index is 2.72. The summed E-state index contributed by atoms with van der Waals surface area (Å²) >= 11 is 0. The van der Waals surface area contributed by atoms with Crippen molar-refractivity contribution in [3.8, 4) is 6.07 Å². The van der Waals surface area contributed by atoms with E-state index in [1.807, 2.05) is 11.0 Å². The van der Waals surface area contributed by atoms with Gasteiger partial charge >= 0.3 is 5.69 Å². The van der Waals surface area contributed by atoms with Crippen LogP contribution in [-0.4, -0.2) is 21.7 Å². The molecule has 0 bridgehead atoms. The van der Waals surface area contributed by atoms with Crippen molar-refractivity contribution in [3.63, 3.8) is 0 Å². The third-order valence-corrected chi connectivity index (χ3v) is 4.09. The second-order valence-corrected chi connectivity index (χ2v) is 5.66. The lowest BCUT2D eigenvalue weighted by atomic mass is 10.0. The topological polar surface area (TPSA) is 71.0 Å². The zero-order chi connectivity index (χ0) is 15.0. The van der Waals surface area contributed by atoms with E-state index in [0.717, 1.165) is 24.0 Å². The van der Waals surface area contributed by atoms with Gasteiger partial charge in [0, 0.05) is 26.7 Å². The smallest absolute Gasteiger partial charge is 0.332 e. The van der Waals surface area contributed by atoms with E-state index in [2.05, 4.69) is 13.8 Å². The van der Waals surface area contributed by atoms with Crippen LogP contribution in [0, 0.1) is 17.2 Å². The standard InChI is InChI=1S/C14H20N4O2/c1-9(2)11-6-5-7-18(11)12-10(8-15)13(19)17(4)14(20)16(12)3/h9,11H,5-7H2,1-4H3/t11-/m1/s1. The van der Waals surface area contributed by atoms with E-state index in [9.17, 15) is 14.9 Å². The van der Waals surface area contributed by atoms with Gasteiger partial charge in [-0.1, -0.05) is 13.8 Å². The van der Waals surface area contributed by atoms with Gasteiger partial charge in [0.25, 0.3) is 5.56 Å². The van der Waals surface area contributed by atoms with Crippen LogP contribution in [0.4, 0.5) is 5.82 Å². The summed E-state index contributed by atoms with van der Waals surface area (Å²) in [5.41, 5.74) is -0.847. The van der Waals surface area contributed by atoms with Crippen LogP contribution < -0.4 is 16.1 Å². The molecule has 1 atom stereocenters. The van der Waals surface area contributed by atoms with Crippen molar-refractivity contribution in [3.05, 3.63) is 26.4 Å². The van der Waals surface area contributed by atoms with Gasteiger partial charge in [0.2, 0.25) is 0 Å². The van der Waals surface area contributed by atoms with Gasteiger partial charge in [-0.25, -0.2) is 4.79 Å². The Kier molecular flexibility index (Phi) is 3.71. The van der Waals surface area contributed by atoms with Gasteiger partial charge in [0.15, 0.2) is 5.56 Å². The minimum Gasteiger partial charge on any atom is -0.353 e. The highest BCUT2D eigenvalue weighted by atomic mass is 16.2. The quantitative estimate of drug-likeness (QED) is 0.792. The molecule has 1 aliphatic rings. The molecule has 6 heteroatoms. The molecule has 1 saturated heterocycles. The molecule has 20 heavy (non-hydrogen) atoms. The molecular weight excluding hydrogens is 256 g/mol. The van der Waals surface area contributed by atoms with Gasteiger partial charge < -0.3 is 4.90 Å². The van der Waals surface area contributed by atoms with Crippen LogP contribution in [0.5, 0.6) is 0 Å². The number of nitriles is 1. The number of rotatable bonds is 2. The van der Waals surface area contributed by atoms with Crippen molar-refractivity contribution in [2.75, 3.05) is 11.4 Å². The molecule has 0 amide bonds. The molecule has 1 fully saturated rings. The zero-order valence-corrected chi connectivity index (χ0v) is 12.4. The third kappa shape index (κ3) is 2.03. The second kappa shape index (κ2) is 5.16. The van der Waals surface area contributed by atoms with E-state index in [-0.39, 0.29) is 11.6 Å².